The summed E-state index contributed by atoms with van der Waals surface area (Å²) < 4.78 is 6.48. The van der Waals surface area contributed by atoms with Crippen molar-refractivity contribution in [2.75, 3.05) is 5.32 Å². The number of aromatic nitrogens is 2. The van der Waals surface area contributed by atoms with Crippen LogP contribution in [0.5, 0.6) is 0 Å². The van der Waals surface area contributed by atoms with Crippen LogP contribution in [0, 0.1) is 0 Å². The Morgan fingerprint density at radius 3 is 2.84 bits per heavy atom. The van der Waals surface area contributed by atoms with Crippen LogP contribution in [-0.2, 0) is 4.79 Å². The molecule has 1 fully saturated rings. The van der Waals surface area contributed by atoms with Crippen molar-refractivity contribution in [3.05, 3.63) is 48.1 Å². The average Bonchev–Trinajstić information content (AvgIpc) is 3.12. The molecule has 2 aromatic rings. The molecule has 0 spiro atoms. The number of anilines is 1. The molecule has 126 valence electrons. The average molecular weight is 337 g/mol. The maximum Gasteiger partial charge on any atom is 0.292 e. The van der Waals surface area contributed by atoms with Gasteiger partial charge >= 0.3 is 0 Å². The second kappa shape index (κ2) is 5.66. The summed E-state index contributed by atoms with van der Waals surface area (Å²) in [6.07, 6.45) is 3.52. The molecule has 0 saturated heterocycles. The second-order valence-electron chi connectivity index (χ2n) is 5.96. The van der Waals surface area contributed by atoms with Gasteiger partial charge in [-0.2, -0.15) is 14.8 Å². The Balaban J connectivity index is 1.72. The van der Waals surface area contributed by atoms with Crippen molar-refractivity contribution in [3.63, 3.8) is 0 Å². The number of aliphatic imine (C=N–C) groups is 2. The van der Waals surface area contributed by atoms with Gasteiger partial charge in [-0.25, -0.2) is 4.99 Å². The van der Waals surface area contributed by atoms with Crippen LogP contribution in [0.4, 0.5) is 5.82 Å². The molecule has 1 N–H and O–H groups in total. The predicted octanol–water partition coefficient (Wildman–Crippen LogP) is 2.37. The SMILES string of the molecule is C=C1C(=O)N=C(n2nc(C3CC3)cc2NC(=O)c2ccco2)N=C1C. The number of hydrogen-bond acceptors (Lipinski definition) is 5. The summed E-state index contributed by atoms with van der Waals surface area (Å²) in [6, 6.07) is 4.97. The van der Waals surface area contributed by atoms with Crippen molar-refractivity contribution in [1.29, 1.82) is 0 Å². The molecule has 3 heterocycles. The maximum atomic E-state index is 12.3. The molecule has 25 heavy (non-hydrogen) atoms. The minimum absolute atomic E-state index is 0.108. The van der Waals surface area contributed by atoms with Gasteiger partial charge < -0.3 is 9.73 Å². The van der Waals surface area contributed by atoms with Crippen molar-refractivity contribution in [3.8, 4) is 0 Å². The molecule has 1 aliphatic heterocycles. The highest BCUT2D eigenvalue weighted by molar-refractivity contribution is 6.27. The van der Waals surface area contributed by atoms with E-state index >= 15 is 0 Å². The summed E-state index contributed by atoms with van der Waals surface area (Å²) in [5.74, 6) is 0.155. The number of carbonyl (C=O) groups excluding carboxylic acids is 2. The molecular weight excluding hydrogens is 322 g/mol. The van der Waals surface area contributed by atoms with Crippen LogP contribution in [0.25, 0.3) is 0 Å². The van der Waals surface area contributed by atoms with Gasteiger partial charge in [0.25, 0.3) is 17.8 Å². The second-order valence-corrected chi connectivity index (χ2v) is 5.96. The normalized spacial score (nSPS) is 17.3. The topological polar surface area (TPSA) is 102 Å². The van der Waals surface area contributed by atoms with Gasteiger partial charge in [0.15, 0.2) is 5.76 Å². The largest absolute Gasteiger partial charge is 0.459 e. The maximum absolute atomic E-state index is 12.3. The summed E-state index contributed by atoms with van der Waals surface area (Å²) >= 11 is 0. The fourth-order valence-electron chi connectivity index (χ4n) is 2.46. The third kappa shape index (κ3) is 2.82. The Morgan fingerprint density at radius 2 is 2.20 bits per heavy atom. The molecule has 2 aliphatic rings. The molecule has 4 rings (SSSR count). The van der Waals surface area contributed by atoms with E-state index in [1.165, 1.54) is 10.9 Å². The minimum Gasteiger partial charge on any atom is -0.459 e. The zero-order valence-electron chi connectivity index (χ0n) is 13.5. The lowest BCUT2D eigenvalue weighted by Gasteiger charge is -2.12. The number of nitrogens with one attached hydrogen (secondary N) is 1. The molecule has 8 nitrogen and oxygen atoms in total. The van der Waals surface area contributed by atoms with Crippen molar-refractivity contribution in [2.24, 2.45) is 9.98 Å². The standard InChI is InChI=1S/C17H15N5O3/c1-9-10(2)18-17(20-15(9)23)22-14(8-12(21-22)11-5-6-11)19-16(24)13-4-3-7-25-13/h3-4,7-8,11H,1,5-6H2,2H3,(H,19,24). The van der Waals surface area contributed by atoms with Crippen LogP contribution >= 0.6 is 0 Å². The van der Waals surface area contributed by atoms with Gasteiger partial charge in [0.1, 0.15) is 5.82 Å². The van der Waals surface area contributed by atoms with Crippen LogP contribution in [-0.4, -0.2) is 33.3 Å². The number of rotatable bonds is 3. The first-order valence-corrected chi connectivity index (χ1v) is 7.85. The van der Waals surface area contributed by atoms with E-state index in [1.807, 2.05) is 0 Å². The van der Waals surface area contributed by atoms with E-state index in [0.29, 0.717) is 17.4 Å². The van der Waals surface area contributed by atoms with Gasteiger partial charge in [0.2, 0.25) is 0 Å². The Hall–Kier alpha value is -3.29. The highest BCUT2D eigenvalue weighted by Crippen LogP contribution is 2.40. The molecule has 2 aromatic heterocycles. The third-order valence-corrected chi connectivity index (χ3v) is 4.06. The number of nitrogens with zero attached hydrogens (tertiary/aromatic N) is 4. The van der Waals surface area contributed by atoms with Crippen molar-refractivity contribution in [2.45, 2.75) is 25.7 Å². The molecule has 1 aliphatic carbocycles. The van der Waals surface area contributed by atoms with Gasteiger partial charge in [-0.15, -0.1) is 0 Å². The van der Waals surface area contributed by atoms with Gasteiger partial charge in [0, 0.05) is 12.0 Å². The van der Waals surface area contributed by atoms with Crippen molar-refractivity contribution in [1.82, 2.24) is 9.78 Å². The lowest BCUT2D eigenvalue weighted by Crippen LogP contribution is -2.25. The van der Waals surface area contributed by atoms with Crippen LogP contribution in [0.15, 0.2) is 51.0 Å². The monoisotopic (exact) mass is 337 g/mol. The van der Waals surface area contributed by atoms with Gasteiger partial charge in [-0.1, -0.05) is 6.58 Å². The first kappa shape index (κ1) is 15.3. The molecule has 0 aromatic carbocycles. The fourth-order valence-corrected chi connectivity index (χ4v) is 2.46. The Kier molecular flexibility index (Phi) is 3.45. The van der Waals surface area contributed by atoms with E-state index in [4.69, 9.17) is 4.42 Å². The number of furan rings is 1. The number of amides is 2. The third-order valence-electron chi connectivity index (χ3n) is 4.06. The zero-order chi connectivity index (χ0) is 17.6. The van der Waals surface area contributed by atoms with Gasteiger partial charge in [-0.3, -0.25) is 9.59 Å². The fraction of sp³-hybridized carbons (Fsp3) is 0.235. The van der Waals surface area contributed by atoms with Crippen LogP contribution < -0.4 is 5.32 Å². The zero-order valence-corrected chi connectivity index (χ0v) is 13.5. The molecule has 0 bridgehead atoms. The summed E-state index contributed by atoms with van der Waals surface area (Å²) in [4.78, 5) is 32.4. The highest BCUT2D eigenvalue weighted by atomic mass is 16.3. The number of hydrogen-bond donors (Lipinski definition) is 1. The lowest BCUT2D eigenvalue weighted by atomic mass is 10.2. The van der Waals surface area contributed by atoms with E-state index in [9.17, 15) is 9.59 Å². The molecule has 8 heteroatoms. The Bertz CT molecular complexity index is 945. The molecule has 0 radical (unpaired) electrons. The van der Waals surface area contributed by atoms with Crippen LogP contribution in [0.1, 0.15) is 41.9 Å². The van der Waals surface area contributed by atoms with Crippen molar-refractivity contribution >= 4 is 29.3 Å². The molecule has 0 atom stereocenters. The summed E-state index contributed by atoms with van der Waals surface area (Å²) in [5.41, 5.74) is 1.56. The molecular formula is C17H15N5O3. The van der Waals surface area contributed by atoms with E-state index in [2.05, 4.69) is 27.0 Å². The van der Waals surface area contributed by atoms with Gasteiger partial charge in [0.05, 0.1) is 23.2 Å². The lowest BCUT2D eigenvalue weighted by molar-refractivity contribution is -0.113. The molecule has 2 amide bonds. The van der Waals surface area contributed by atoms with Crippen LogP contribution in [0.3, 0.4) is 0 Å². The van der Waals surface area contributed by atoms with E-state index in [-0.39, 0.29) is 17.3 Å². The van der Waals surface area contributed by atoms with Crippen LogP contribution in [0.2, 0.25) is 0 Å². The van der Waals surface area contributed by atoms with E-state index in [1.54, 1.807) is 25.1 Å². The van der Waals surface area contributed by atoms with E-state index < -0.39 is 11.8 Å². The first-order chi connectivity index (χ1) is 12.0. The van der Waals surface area contributed by atoms with Crippen molar-refractivity contribution < 1.29 is 14.0 Å². The Morgan fingerprint density at radius 1 is 1.40 bits per heavy atom. The summed E-state index contributed by atoms with van der Waals surface area (Å²) in [6.45, 7) is 5.33. The highest BCUT2D eigenvalue weighted by Gasteiger charge is 2.30. The first-order valence-electron chi connectivity index (χ1n) is 7.85. The van der Waals surface area contributed by atoms with E-state index in [0.717, 1.165) is 18.5 Å². The predicted molar refractivity (Wildman–Crippen MR) is 91.0 cm³/mol. The smallest absolute Gasteiger partial charge is 0.292 e. The molecule has 1 saturated carbocycles. The minimum atomic E-state index is -0.464. The Labute approximate surface area is 143 Å². The number of carbonyl (C=O) groups is 2. The summed E-state index contributed by atoms with van der Waals surface area (Å²) in [5, 5.41) is 7.21. The quantitative estimate of drug-likeness (QED) is 0.869. The van der Waals surface area contributed by atoms with Gasteiger partial charge in [-0.05, 0) is 31.9 Å². The molecule has 0 unspecified atom stereocenters. The summed E-state index contributed by atoms with van der Waals surface area (Å²) in [7, 11) is 0.